The van der Waals surface area contributed by atoms with Crippen LogP contribution in [0.15, 0.2) is 30.3 Å². The standard InChI is InChI=1S/C16H13ClFNO/c1-10-6-14(17)7-11(2)16(10)20-9-13-5-3-4-12(8-19)15(13)18/h3-7H,9H2,1-2H3. The number of benzene rings is 2. The zero-order chi connectivity index (χ0) is 14.7. The van der Waals surface area contributed by atoms with Crippen molar-refractivity contribution in [2.75, 3.05) is 0 Å². The van der Waals surface area contributed by atoms with Crippen LogP contribution >= 0.6 is 11.6 Å². The lowest BCUT2D eigenvalue weighted by molar-refractivity contribution is 0.295. The van der Waals surface area contributed by atoms with Crippen LogP contribution in [0.3, 0.4) is 0 Å². The summed E-state index contributed by atoms with van der Waals surface area (Å²) in [6, 6.07) is 10.1. The first-order chi connectivity index (χ1) is 9.52. The van der Waals surface area contributed by atoms with E-state index in [0.29, 0.717) is 16.3 Å². The smallest absolute Gasteiger partial charge is 0.147 e. The number of hydrogen-bond donors (Lipinski definition) is 0. The first-order valence-corrected chi connectivity index (χ1v) is 6.47. The highest BCUT2D eigenvalue weighted by molar-refractivity contribution is 6.30. The van der Waals surface area contributed by atoms with Crippen molar-refractivity contribution in [1.29, 1.82) is 5.26 Å². The molecule has 0 aromatic heterocycles. The fourth-order valence-corrected chi connectivity index (χ4v) is 2.38. The first-order valence-electron chi connectivity index (χ1n) is 6.10. The van der Waals surface area contributed by atoms with Crippen LogP contribution in [0.2, 0.25) is 5.02 Å². The second kappa shape index (κ2) is 5.94. The molecule has 2 nitrogen and oxygen atoms in total. The van der Waals surface area contributed by atoms with E-state index in [1.165, 1.54) is 6.07 Å². The van der Waals surface area contributed by atoms with Crippen LogP contribution in [0.5, 0.6) is 5.75 Å². The summed E-state index contributed by atoms with van der Waals surface area (Å²) in [6.07, 6.45) is 0. The molecule has 2 aromatic carbocycles. The molecule has 0 saturated heterocycles. The molecule has 20 heavy (non-hydrogen) atoms. The quantitative estimate of drug-likeness (QED) is 0.830. The monoisotopic (exact) mass is 289 g/mol. The number of rotatable bonds is 3. The lowest BCUT2D eigenvalue weighted by Crippen LogP contribution is -2.02. The van der Waals surface area contributed by atoms with Gasteiger partial charge in [-0.25, -0.2) is 4.39 Å². The van der Waals surface area contributed by atoms with E-state index in [4.69, 9.17) is 21.6 Å². The molecule has 0 aliphatic rings. The van der Waals surface area contributed by atoms with Crippen LogP contribution in [-0.2, 0) is 6.61 Å². The van der Waals surface area contributed by atoms with Gasteiger partial charge in [-0.3, -0.25) is 0 Å². The highest BCUT2D eigenvalue weighted by Gasteiger charge is 2.10. The van der Waals surface area contributed by atoms with E-state index < -0.39 is 5.82 Å². The van der Waals surface area contributed by atoms with E-state index in [9.17, 15) is 4.39 Å². The van der Waals surface area contributed by atoms with Crippen molar-refractivity contribution < 1.29 is 9.13 Å². The van der Waals surface area contributed by atoms with E-state index in [1.54, 1.807) is 24.3 Å². The van der Waals surface area contributed by atoms with E-state index in [0.717, 1.165) is 11.1 Å². The second-order valence-electron chi connectivity index (χ2n) is 4.55. The van der Waals surface area contributed by atoms with Crippen molar-refractivity contribution in [3.8, 4) is 11.8 Å². The van der Waals surface area contributed by atoms with Gasteiger partial charge in [0.15, 0.2) is 0 Å². The first kappa shape index (κ1) is 14.4. The van der Waals surface area contributed by atoms with Crippen LogP contribution in [0.1, 0.15) is 22.3 Å². The Morgan fingerprint density at radius 3 is 2.50 bits per heavy atom. The second-order valence-corrected chi connectivity index (χ2v) is 4.98. The number of nitrogens with zero attached hydrogens (tertiary/aromatic N) is 1. The van der Waals surface area contributed by atoms with Gasteiger partial charge >= 0.3 is 0 Å². The summed E-state index contributed by atoms with van der Waals surface area (Å²) < 4.78 is 19.6. The van der Waals surface area contributed by atoms with Gasteiger partial charge in [0.05, 0.1) is 5.56 Å². The Morgan fingerprint density at radius 2 is 1.90 bits per heavy atom. The van der Waals surface area contributed by atoms with E-state index in [-0.39, 0.29) is 12.2 Å². The summed E-state index contributed by atoms with van der Waals surface area (Å²) in [6.45, 7) is 3.84. The predicted octanol–water partition coefficient (Wildman–Crippen LogP) is 4.55. The Morgan fingerprint density at radius 1 is 1.25 bits per heavy atom. The lowest BCUT2D eigenvalue weighted by atomic mass is 10.1. The van der Waals surface area contributed by atoms with Gasteiger partial charge in [-0.2, -0.15) is 5.26 Å². The lowest BCUT2D eigenvalue weighted by Gasteiger charge is -2.13. The molecular weight excluding hydrogens is 277 g/mol. The topological polar surface area (TPSA) is 33.0 Å². The Bertz CT molecular complexity index is 668. The van der Waals surface area contributed by atoms with Crippen molar-refractivity contribution in [1.82, 2.24) is 0 Å². The van der Waals surface area contributed by atoms with Crippen LogP contribution < -0.4 is 4.74 Å². The Hall–Kier alpha value is -2.05. The summed E-state index contributed by atoms with van der Waals surface area (Å²) >= 11 is 5.95. The number of aryl methyl sites for hydroxylation is 2. The van der Waals surface area contributed by atoms with Crippen LogP contribution in [0.25, 0.3) is 0 Å². The molecule has 102 valence electrons. The predicted molar refractivity (Wildman–Crippen MR) is 76.4 cm³/mol. The van der Waals surface area contributed by atoms with Gasteiger partial charge in [0.25, 0.3) is 0 Å². The molecule has 4 heteroatoms. The highest BCUT2D eigenvalue weighted by atomic mass is 35.5. The molecular formula is C16H13ClFNO. The minimum Gasteiger partial charge on any atom is -0.488 e. The van der Waals surface area contributed by atoms with Gasteiger partial charge in [0.1, 0.15) is 24.2 Å². The molecule has 0 aliphatic carbocycles. The largest absolute Gasteiger partial charge is 0.488 e. The fraction of sp³-hybridized carbons (Fsp3) is 0.188. The normalized spacial score (nSPS) is 10.2. The number of ether oxygens (including phenoxy) is 1. The molecule has 0 N–H and O–H groups in total. The maximum Gasteiger partial charge on any atom is 0.147 e. The maximum atomic E-state index is 13.9. The van der Waals surface area contributed by atoms with Gasteiger partial charge in [-0.1, -0.05) is 23.7 Å². The molecule has 0 spiro atoms. The summed E-state index contributed by atoms with van der Waals surface area (Å²) in [5, 5.41) is 9.44. The van der Waals surface area contributed by atoms with Gasteiger partial charge in [0, 0.05) is 10.6 Å². The summed E-state index contributed by atoms with van der Waals surface area (Å²) in [5.41, 5.74) is 2.17. The molecule has 0 bridgehead atoms. The third kappa shape index (κ3) is 2.92. The Balaban J connectivity index is 2.24. The maximum absolute atomic E-state index is 13.9. The minimum atomic E-state index is -0.528. The SMILES string of the molecule is Cc1cc(Cl)cc(C)c1OCc1cccc(C#N)c1F. The van der Waals surface area contributed by atoms with Gasteiger partial charge in [0.2, 0.25) is 0 Å². The molecule has 0 saturated carbocycles. The van der Waals surface area contributed by atoms with Crippen molar-refractivity contribution >= 4 is 11.6 Å². The molecule has 0 fully saturated rings. The molecule has 2 aromatic rings. The van der Waals surface area contributed by atoms with Crippen molar-refractivity contribution in [3.05, 3.63) is 63.4 Å². The third-order valence-electron chi connectivity index (χ3n) is 3.00. The zero-order valence-corrected chi connectivity index (χ0v) is 12.0. The average Bonchev–Trinajstić information content (AvgIpc) is 2.39. The zero-order valence-electron chi connectivity index (χ0n) is 11.2. The fourth-order valence-electron chi connectivity index (χ4n) is 2.05. The number of halogens is 2. The molecule has 2 rings (SSSR count). The Kier molecular flexibility index (Phi) is 4.26. The minimum absolute atomic E-state index is 0.0238. The number of nitriles is 1. The third-order valence-corrected chi connectivity index (χ3v) is 3.21. The molecule has 0 aliphatic heterocycles. The molecule has 0 radical (unpaired) electrons. The van der Waals surface area contributed by atoms with Crippen LogP contribution in [0.4, 0.5) is 4.39 Å². The molecule has 0 amide bonds. The molecule has 0 unspecified atom stereocenters. The summed E-state index contributed by atoms with van der Waals surface area (Å²) in [4.78, 5) is 0. The van der Waals surface area contributed by atoms with Crippen LogP contribution in [0, 0.1) is 31.0 Å². The van der Waals surface area contributed by atoms with Crippen molar-refractivity contribution in [2.24, 2.45) is 0 Å². The average molecular weight is 290 g/mol. The van der Waals surface area contributed by atoms with Crippen molar-refractivity contribution in [3.63, 3.8) is 0 Å². The van der Waals surface area contributed by atoms with Crippen molar-refractivity contribution in [2.45, 2.75) is 20.5 Å². The van der Waals surface area contributed by atoms with Gasteiger partial charge in [-0.05, 0) is 43.2 Å². The van der Waals surface area contributed by atoms with E-state index in [2.05, 4.69) is 0 Å². The van der Waals surface area contributed by atoms with E-state index >= 15 is 0 Å². The molecule has 0 heterocycles. The van der Waals surface area contributed by atoms with Gasteiger partial charge in [-0.15, -0.1) is 0 Å². The highest BCUT2D eigenvalue weighted by Crippen LogP contribution is 2.28. The van der Waals surface area contributed by atoms with Gasteiger partial charge < -0.3 is 4.74 Å². The summed E-state index contributed by atoms with van der Waals surface area (Å²) in [5.74, 6) is 0.162. The Labute approximate surface area is 122 Å². The van der Waals surface area contributed by atoms with E-state index in [1.807, 2.05) is 19.9 Å². The van der Waals surface area contributed by atoms with Crippen LogP contribution in [-0.4, -0.2) is 0 Å². The molecule has 0 atom stereocenters. The summed E-state index contributed by atoms with van der Waals surface area (Å²) in [7, 11) is 0. The number of hydrogen-bond acceptors (Lipinski definition) is 2.